The second kappa shape index (κ2) is 3.92. The Bertz CT molecular complexity index is 478. The Labute approximate surface area is 88.7 Å². The highest BCUT2D eigenvalue weighted by molar-refractivity contribution is 5.92. The largest absolute Gasteiger partial charge is 0.464 e. The number of rotatable bonds is 3. The Morgan fingerprint density at radius 3 is 3.00 bits per heavy atom. The Morgan fingerprint density at radius 1 is 1.56 bits per heavy atom. The molecule has 16 heavy (non-hydrogen) atoms. The van der Waals surface area contributed by atoms with Crippen LogP contribution in [0.15, 0.2) is 11.0 Å². The second-order valence-electron chi connectivity index (χ2n) is 2.68. The van der Waals surface area contributed by atoms with Crippen molar-refractivity contribution < 1.29 is 14.2 Å². The number of hydrogen-bond donors (Lipinski definition) is 0. The van der Waals surface area contributed by atoms with Crippen LogP contribution in [0.3, 0.4) is 0 Å². The predicted molar refractivity (Wildman–Crippen MR) is 47.3 cm³/mol. The molecule has 0 fully saturated rings. The summed E-state index contributed by atoms with van der Waals surface area (Å²) >= 11 is 0. The maximum Gasteiger partial charge on any atom is 0.364 e. The average Bonchev–Trinajstić information content (AvgIpc) is 2.97. The highest BCUT2D eigenvalue weighted by atomic mass is 16.6. The number of nitrogens with zero attached hydrogens (tertiary/aromatic N) is 7. The summed E-state index contributed by atoms with van der Waals surface area (Å²) in [6, 6.07) is 0. The molecule has 0 aliphatic heterocycles. The van der Waals surface area contributed by atoms with Gasteiger partial charge in [0.1, 0.15) is 0 Å². The molecule has 2 aromatic heterocycles. The topological polar surface area (TPSA) is 112 Å². The summed E-state index contributed by atoms with van der Waals surface area (Å²) in [5, 5.41) is 18.9. The molecule has 0 unspecified atom stereocenters. The molecular formula is C6H7N7O3. The molecule has 10 nitrogen and oxygen atoms in total. The summed E-state index contributed by atoms with van der Waals surface area (Å²) in [5.41, 5.74) is -0.0551. The fourth-order valence-electron chi connectivity index (χ4n) is 1.01. The fourth-order valence-corrected chi connectivity index (χ4v) is 1.01. The third-order valence-electron chi connectivity index (χ3n) is 1.80. The zero-order valence-corrected chi connectivity index (χ0v) is 8.43. The van der Waals surface area contributed by atoms with Crippen molar-refractivity contribution in [2.45, 2.75) is 0 Å². The number of aromatic nitrogens is 6. The van der Waals surface area contributed by atoms with Crippen molar-refractivity contribution in [1.82, 2.24) is 30.6 Å². The van der Waals surface area contributed by atoms with Gasteiger partial charge in [0.15, 0.2) is 6.33 Å². The van der Waals surface area contributed by atoms with Gasteiger partial charge in [-0.1, -0.05) is 0 Å². The molecule has 0 atom stereocenters. The lowest BCUT2D eigenvalue weighted by Crippen LogP contribution is -2.27. The third kappa shape index (κ3) is 1.55. The number of carbonyl (C=O) groups excluding carboxylic acids is 1. The summed E-state index contributed by atoms with van der Waals surface area (Å²) in [5.74, 6) is -0.504. The number of carbonyl (C=O) groups is 1. The Balaban J connectivity index is 2.34. The average molecular weight is 225 g/mol. The first-order chi connectivity index (χ1) is 7.74. The van der Waals surface area contributed by atoms with Crippen LogP contribution in [-0.2, 0) is 4.74 Å². The van der Waals surface area contributed by atoms with Gasteiger partial charge in [-0.15, -0.1) is 9.89 Å². The van der Waals surface area contributed by atoms with Gasteiger partial charge >= 0.3 is 5.97 Å². The monoisotopic (exact) mass is 225 g/mol. The van der Waals surface area contributed by atoms with E-state index >= 15 is 0 Å². The molecule has 0 aliphatic carbocycles. The van der Waals surface area contributed by atoms with Crippen molar-refractivity contribution in [2.75, 3.05) is 19.2 Å². The predicted octanol–water partition coefficient (Wildman–Crippen LogP) is -1.26. The number of anilines is 1. The number of esters is 1. The maximum atomic E-state index is 11.3. The van der Waals surface area contributed by atoms with Crippen LogP contribution in [0, 0.1) is 0 Å². The van der Waals surface area contributed by atoms with E-state index in [4.69, 9.17) is 0 Å². The van der Waals surface area contributed by atoms with Crippen molar-refractivity contribution in [3.63, 3.8) is 0 Å². The van der Waals surface area contributed by atoms with Gasteiger partial charge in [0, 0.05) is 7.05 Å². The molecule has 0 N–H and O–H groups in total. The molecule has 0 aliphatic rings. The fraction of sp³-hybridized carbons (Fsp3) is 0.333. The van der Waals surface area contributed by atoms with Gasteiger partial charge in [0.05, 0.1) is 7.11 Å². The van der Waals surface area contributed by atoms with Crippen molar-refractivity contribution in [1.29, 1.82) is 0 Å². The van der Waals surface area contributed by atoms with Crippen molar-refractivity contribution in [3.05, 3.63) is 12.0 Å². The standard InChI is InChI=1S/C6H7N7O3/c1-12(13-3-7-10-11-13)5-4(6(14)15-2)8-16-9-5/h3H,1-2H3. The van der Waals surface area contributed by atoms with E-state index < -0.39 is 5.97 Å². The number of hydrogen-bond acceptors (Lipinski definition) is 9. The summed E-state index contributed by atoms with van der Waals surface area (Å²) in [6.45, 7) is 0. The van der Waals surface area contributed by atoms with Crippen LogP contribution in [0.1, 0.15) is 10.5 Å². The van der Waals surface area contributed by atoms with Gasteiger partial charge in [-0.25, -0.2) is 14.4 Å². The minimum atomic E-state index is -0.656. The lowest BCUT2D eigenvalue weighted by atomic mass is 10.4. The first-order valence-electron chi connectivity index (χ1n) is 4.12. The van der Waals surface area contributed by atoms with Gasteiger partial charge in [-0.2, -0.15) is 0 Å². The van der Waals surface area contributed by atoms with E-state index in [9.17, 15) is 4.79 Å². The molecule has 2 aromatic rings. The van der Waals surface area contributed by atoms with Crippen molar-refractivity contribution in [2.24, 2.45) is 0 Å². The molecule has 84 valence electrons. The van der Waals surface area contributed by atoms with E-state index in [-0.39, 0.29) is 11.5 Å². The van der Waals surface area contributed by atoms with Gasteiger partial charge in [-0.3, -0.25) is 0 Å². The zero-order valence-electron chi connectivity index (χ0n) is 8.43. The van der Waals surface area contributed by atoms with Gasteiger partial charge in [-0.05, 0) is 20.7 Å². The number of methoxy groups -OCH3 is 1. The van der Waals surface area contributed by atoms with Crippen LogP contribution in [0.2, 0.25) is 0 Å². The molecule has 0 aromatic carbocycles. The molecule has 0 spiro atoms. The molecule has 0 bridgehead atoms. The van der Waals surface area contributed by atoms with Gasteiger partial charge < -0.3 is 4.74 Å². The zero-order chi connectivity index (χ0) is 11.5. The first-order valence-corrected chi connectivity index (χ1v) is 4.12. The molecule has 0 saturated carbocycles. The minimum Gasteiger partial charge on any atom is -0.464 e. The Morgan fingerprint density at radius 2 is 2.38 bits per heavy atom. The van der Waals surface area contributed by atoms with Crippen molar-refractivity contribution in [3.8, 4) is 0 Å². The van der Waals surface area contributed by atoms with E-state index in [1.54, 1.807) is 7.05 Å². The molecule has 0 amide bonds. The quantitative estimate of drug-likeness (QED) is 0.590. The highest BCUT2D eigenvalue weighted by Crippen LogP contribution is 2.14. The van der Waals surface area contributed by atoms with E-state index in [1.165, 1.54) is 23.2 Å². The van der Waals surface area contributed by atoms with Gasteiger partial charge in [0.2, 0.25) is 11.5 Å². The lowest BCUT2D eigenvalue weighted by Gasteiger charge is -2.13. The van der Waals surface area contributed by atoms with Gasteiger partial charge in [0.25, 0.3) is 0 Å². The SMILES string of the molecule is COC(=O)c1nonc1N(C)n1cnnn1. The van der Waals surface area contributed by atoms with E-state index in [2.05, 4.69) is 35.2 Å². The summed E-state index contributed by atoms with van der Waals surface area (Å²) < 4.78 is 8.98. The second-order valence-corrected chi connectivity index (χ2v) is 2.68. The Hall–Kier alpha value is -2.52. The van der Waals surface area contributed by atoms with Crippen molar-refractivity contribution >= 4 is 11.8 Å². The van der Waals surface area contributed by atoms with E-state index in [0.29, 0.717) is 0 Å². The van der Waals surface area contributed by atoms with Crippen LogP contribution in [-0.4, -0.2) is 50.8 Å². The van der Waals surface area contributed by atoms with Crippen LogP contribution in [0.25, 0.3) is 0 Å². The lowest BCUT2D eigenvalue weighted by molar-refractivity contribution is 0.0589. The first kappa shape index (κ1) is 10.0. The molecule has 2 rings (SSSR count). The molecule has 10 heteroatoms. The third-order valence-corrected chi connectivity index (χ3v) is 1.80. The smallest absolute Gasteiger partial charge is 0.364 e. The van der Waals surface area contributed by atoms with Crippen LogP contribution in [0.4, 0.5) is 5.82 Å². The molecule has 0 radical (unpaired) electrons. The summed E-state index contributed by atoms with van der Waals surface area (Å²) in [6.07, 6.45) is 1.33. The highest BCUT2D eigenvalue weighted by Gasteiger charge is 2.23. The normalized spacial score (nSPS) is 10.1. The maximum absolute atomic E-state index is 11.3. The number of ether oxygens (including phenoxy) is 1. The number of tetrazole rings is 1. The van der Waals surface area contributed by atoms with Crippen LogP contribution in [0.5, 0.6) is 0 Å². The summed E-state index contributed by atoms with van der Waals surface area (Å²) in [7, 11) is 2.82. The van der Waals surface area contributed by atoms with E-state index in [1.807, 2.05) is 0 Å². The molecular weight excluding hydrogens is 218 g/mol. The molecule has 2 heterocycles. The van der Waals surface area contributed by atoms with Crippen LogP contribution >= 0.6 is 0 Å². The van der Waals surface area contributed by atoms with E-state index in [0.717, 1.165) is 0 Å². The molecule has 0 saturated heterocycles. The minimum absolute atomic E-state index is 0.0551. The Kier molecular flexibility index (Phi) is 2.45. The summed E-state index contributed by atoms with van der Waals surface area (Å²) in [4.78, 5) is 12.6. The van der Waals surface area contributed by atoms with Crippen LogP contribution < -0.4 is 5.01 Å².